The number of hydrogen-bond donors (Lipinski definition) is 0. The van der Waals surface area contributed by atoms with Crippen molar-refractivity contribution in [1.29, 1.82) is 0 Å². The normalized spacial score (nSPS) is 9.81. The molecule has 1 heterocycles. The minimum atomic E-state index is 0.505. The van der Waals surface area contributed by atoms with Gasteiger partial charge in [-0.3, -0.25) is 9.78 Å². The lowest BCUT2D eigenvalue weighted by Crippen LogP contribution is -1.88. The van der Waals surface area contributed by atoms with Gasteiger partial charge < -0.3 is 4.74 Å². The van der Waals surface area contributed by atoms with Crippen molar-refractivity contribution in [2.45, 2.75) is 6.92 Å². The lowest BCUT2D eigenvalue weighted by atomic mass is 10.2. The Hall–Kier alpha value is -2.16. The number of pyridine rings is 1. The minimum Gasteiger partial charge on any atom is -0.456 e. The molecule has 0 unspecified atom stereocenters. The lowest BCUT2D eigenvalue weighted by molar-refractivity contribution is 0.112. The summed E-state index contributed by atoms with van der Waals surface area (Å²) in [5.74, 6) is 1.31. The number of ether oxygens (including phenoxy) is 1. The molecule has 0 amide bonds. The first kappa shape index (κ1) is 10.4. The second-order valence-electron chi connectivity index (χ2n) is 3.49. The van der Waals surface area contributed by atoms with Crippen molar-refractivity contribution in [3.05, 3.63) is 53.9 Å². The first-order chi connectivity index (χ1) is 7.78. The van der Waals surface area contributed by atoms with Crippen LogP contribution in [0.3, 0.4) is 0 Å². The Morgan fingerprint density at radius 3 is 2.81 bits per heavy atom. The highest BCUT2D eigenvalue weighted by Gasteiger charge is 1.99. The maximum Gasteiger partial charge on any atom is 0.151 e. The van der Waals surface area contributed by atoms with Crippen LogP contribution in [0.15, 0.2) is 42.7 Å². The zero-order valence-electron chi connectivity index (χ0n) is 8.88. The van der Waals surface area contributed by atoms with E-state index >= 15 is 0 Å². The zero-order valence-corrected chi connectivity index (χ0v) is 8.88. The van der Waals surface area contributed by atoms with E-state index in [-0.39, 0.29) is 0 Å². The average molecular weight is 213 g/mol. The molecule has 0 bridgehead atoms. The number of carbonyl (C=O) groups excluding carboxylic acids is 1. The summed E-state index contributed by atoms with van der Waals surface area (Å²) in [7, 11) is 0. The van der Waals surface area contributed by atoms with Crippen molar-refractivity contribution in [2.24, 2.45) is 0 Å². The predicted molar refractivity (Wildman–Crippen MR) is 60.9 cm³/mol. The van der Waals surface area contributed by atoms with Crippen LogP contribution >= 0.6 is 0 Å². The van der Waals surface area contributed by atoms with E-state index in [1.54, 1.807) is 12.3 Å². The third kappa shape index (κ3) is 2.45. The van der Waals surface area contributed by atoms with Crippen LogP contribution in [0, 0.1) is 6.92 Å². The minimum absolute atomic E-state index is 0.505. The van der Waals surface area contributed by atoms with E-state index in [0.717, 1.165) is 17.6 Å². The van der Waals surface area contributed by atoms with Crippen LogP contribution in [0.4, 0.5) is 0 Å². The topological polar surface area (TPSA) is 39.2 Å². The van der Waals surface area contributed by atoms with Crippen LogP contribution in [0.5, 0.6) is 11.5 Å². The zero-order chi connectivity index (χ0) is 11.4. The molecule has 3 heteroatoms. The Morgan fingerprint density at radius 2 is 2.06 bits per heavy atom. The number of benzene rings is 1. The molecule has 0 saturated carbocycles. The molecule has 80 valence electrons. The molecule has 0 spiro atoms. The number of nitrogens with zero attached hydrogens (tertiary/aromatic N) is 1. The van der Waals surface area contributed by atoms with E-state index in [2.05, 4.69) is 4.98 Å². The fraction of sp³-hybridized carbons (Fsp3) is 0.0769. The molecule has 0 atom stereocenters. The summed E-state index contributed by atoms with van der Waals surface area (Å²) in [6.45, 7) is 1.99. The highest BCUT2D eigenvalue weighted by Crippen LogP contribution is 2.21. The van der Waals surface area contributed by atoms with Crippen molar-refractivity contribution in [3.63, 3.8) is 0 Å². The number of hydrogen-bond acceptors (Lipinski definition) is 3. The Balaban J connectivity index is 2.23. The maximum absolute atomic E-state index is 10.6. The van der Waals surface area contributed by atoms with Gasteiger partial charge in [0, 0.05) is 11.8 Å². The molecular formula is C13H11NO2. The summed E-state index contributed by atoms with van der Waals surface area (Å²) in [6, 6.07) is 9.35. The van der Waals surface area contributed by atoms with Crippen molar-refractivity contribution >= 4 is 6.29 Å². The number of aldehydes is 1. The summed E-state index contributed by atoms with van der Waals surface area (Å²) in [6.07, 6.45) is 3.82. The summed E-state index contributed by atoms with van der Waals surface area (Å²) < 4.78 is 5.58. The Labute approximate surface area is 93.7 Å². The van der Waals surface area contributed by atoms with E-state index in [9.17, 15) is 4.79 Å². The molecule has 3 nitrogen and oxygen atoms in total. The van der Waals surface area contributed by atoms with Gasteiger partial charge in [0.2, 0.25) is 0 Å². The fourth-order valence-electron chi connectivity index (χ4n) is 1.37. The smallest absolute Gasteiger partial charge is 0.151 e. The van der Waals surface area contributed by atoms with Crippen molar-refractivity contribution in [3.8, 4) is 11.5 Å². The molecule has 0 saturated heterocycles. The number of aromatic nitrogens is 1. The average Bonchev–Trinajstić information content (AvgIpc) is 2.29. The number of aryl methyl sites for hydroxylation is 1. The Bertz CT molecular complexity index is 509. The van der Waals surface area contributed by atoms with Crippen LogP contribution in [-0.2, 0) is 0 Å². The van der Waals surface area contributed by atoms with E-state index < -0.39 is 0 Å². The highest BCUT2D eigenvalue weighted by molar-refractivity contribution is 5.74. The molecule has 1 aromatic heterocycles. The summed E-state index contributed by atoms with van der Waals surface area (Å²) in [5, 5.41) is 0. The van der Waals surface area contributed by atoms with Crippen LogP contribution in [0.25, 0.3) is 0 Å². The van der Waals surface area contributed by atoms with E-state index in [1.807, 2.05) is 31.2 Å². The van der Waals surface area contributed by atoms with Crippen LogP contribution in [-0.4, -0.2) is 11.3 Å². The number of rotatable bonds is 3. The molecule has 16 heavy (non-hydrogen) atoms. The number of carbonyl (C=O) groups is 1. The molecule has 1 aromatic carbocycles. The quantitative estimate of drug-likeness (QED) is 0.736. The van der Waals surface area contributed by atoms with Crippen molar-refractivity contribution < 1.29 is 9.53 Å². The molecule has 2 rings (SSSR count). The van der Waals surface area contributed by atoms with Crippen LogP contribution in [0.1, 0.15) is 15.9 Å². The third-order valence-electron chi connectivity index (χ3n) is 2.10. The largest absolute Gasteiger partial charge is 0.456 e. The molecule has 2 aromatic rings. The molecule has 0 aliphatic rings. The Morgan fingerprint density at radius 1 is 1.19 bits per heavy atom. The van der Waals surface area contributed by atoms with Gasteiger partial charge >= 0.3 is 0 Å². The van der Waals surface area contributed by atoms with E-state index in [1.165, 1.54) is 6.20 Å². The molecule has 0 fully saturated rings. The van der Waals surface area contributed by atoms with Gasteiger partial charge in [0.15, 0.2) is 6.29 Å². The first-order valence-electron chi connectivity index (χ1n) is 4.93. The van der Waals surface area contributed by atoms with Crippen molar-refractivity contribution in [1.82, 2.24) is 4.98 Å². The first-order valence-corrected chi connectivity index (χ1v) is 4.93. The molecule has 0 aliphatic carbocycles. The molecule has 0 radical (unpaired) electrons. The second-order valence-corrected chi connectivity index (χ2v) is 3.49. The second kappa shape index (κ2) is 4.57. The summed E-state index contributed by atoms with van der Waals surface area (Å²) in [5.41, 5.74) is 1.63. The summed E-state index contributed by atoms with van der Waals surface area (Å²) >= 11 is 0. The standard InChI is InChI=1S/C13H11NO2/c1-10-3-2-4-12(5-10)16-13-6-11(9-15)7-14-8-13/h2-9H,1H3. The molecular weight excluding hydrogens is 202 g/mol. The maximum atomic E-state index is 10.6. The lowest BCUT2D eigenvalue weighted by Gasteiger charge is -2.05. The van der Waals surface area contributed by atoms with Gasteiger partial charge in [0.1, 0.15) is 11.5 Å². The van der Waals surface area contributed by atoms with Crippen LogP contribution < -0.4 is 4.74 Å². The van der Waals surface area contributed by atoms with E-state index in [0.29, 0.717) is 11.3 Å². The van der Waals surface area contributed by atoms with E-state index in [4.69, 9.17) is 4.74 Å². The van der Waals surface area contributed by atoms with Crippen LogP contribution in [0.2, 0.25) is 0 Å². The Kier molecular flexibility index (Phi) is 2.96. The third-order valence-corrected chi connectivity index (χ3v) is 2.10. The van der Waals surface area contributed by atoms with Gasteiger partial charge in [-0.2, -0.15) is 0 Å². The van der Waals surface area contributed by atoms with Gasteiger partial charge in [0.05, 0.1) is 6.20 Å². The van der Waals surface area contributed by atoms with Gasteiger partial charge in [-0.15, -0.1) is 0 Å². The molecule has 0 aliphatic heterocycles. The van der Waals surface area contributed by atoms with Gasteiger partial charge in [-0.25, -0.2) is 0 Å². The fourth-order valence-corrected chi connectivity index (χ4v) is 1.37. The van der Waals surface area contributed by atoms with Gasteiger partial charge in [0.25, 0.3) is 0 Å². The molecule has 0 N–H and O–H groups in total. The predicted octanol–water partition coefficient (Wildman–Crippen LogP) is 2.99. The van der Waals surface area contributed by atoms with Gasteiger partial charge in [-0.1, -0.05) is 12.1 Å². The summed E-state index contributed by atoms with van der Waals surface area (Å²) in [4.78, 5) is 14.5. The van der Waals surface area contributed by atoms with Gasteiger partial charge in [-0.05, 0) is 30.7 Å². The van der Waals surface area contributed by atoms with Crippen molar-refractivity contribution in [2.75, 3.05) is 0 Å². The highest BCUT2D eigenvalue weighted by atomic mass is 16.5. The monoisotopic (exact) mass is 213 g/mol. The SMILES string of the molecule is Cc1cccc(Oc2cncc(C=O)c2)c1.